The lowest BCUT2D eigenvalue weighted by atomic mass is 10.0. The molecule has 1 aromatic carbocycles. The third kappa shape index (κ3) is 2.95. The minimum absolute atomic E-state index is 0.218. The van der Waals surface area contributed by atoms with Crippen molar-refractivity contribution in [3.63, 3.8) is 0 Å². The first-order chi connectivity index (χ1) is 7.41. The van der Waals surface area contributed by atoms with E-state index in [1.165, 1.54) is 18.2 Å². The third-order valence-corrected chi connectivity index (χ3v) is 2.27. The van der Waals surface area contributed by atoms with Crippen molar-refractivity contribution in [2.45, 2.75) is 12.5 Å². The zero-order chi connectivity index (χ0) is 12.3. The van der Waals surface area contributed by atoms with Crippen molar-refractivity contribution in [3.05, 3.63) is 28.8 Å². The van der Waals surface area contributed by atoms with E-state index in [9.17, 15) is 9.59 Å². The summed E-state index contributed by atoms with van der Waals surface area (Å²) in [6, 6.07) is 3.18. The van der Waals surface area contributed by atoms with Crippen LogP contribution in [0.5, 0.6) is 0 Å². The Balaban J connectivity index is 2.85. The Hall–Kier alpha value is -1.59. The van der Waals surface area contributed by atoms with Crippen LogP contribution >= 0.6 is 11.6 Å². The standard InChI is InChI=1S/C10H11ClN2O3/c11-5-1-2-6(7(12)3-5)9(14)4-8(13)10(15)16/h1-3,8H,4,12-13H2,(H,15,16)/t8-/m0/s1. The van der Waals surface area contributed by atoms with Gasteiger partial charge in [0.2, 0.25) is 0 Å². The smallest absolute Gasteiger partial charge is 0.320 e. The van der Waals surface area contributed by atoms with Crippen LogP contribution in [0.15, 0.2) is 18.2 Å². The maximum atomic E-state index is 11.6. The summed E-state index contributed by atoms with van der Waals surface area (Å²) in [5.74, 6) is -1.63. The molecule has 86 valence electrons. The number of ketones is 1. The van der Waals surface area contributed by atoms with Crippen LogP contribution in [0, 0.1) is 0 Å². The number of hydrogen-bond donors (Lipinski definition) is 3. The number of nitrogen functional groups attached to an aromatic ring is 1. The molecule has 0 heterocycles. The Bertz CT molecular complexity index is 434. The van der Waals surface area contributed by atoms with Crippen LogP contribution in [0.4, 0.5) is 5.69 Å². The Kier molecular flexibility index (Phi) is 3.87. The minimum Gasteiger partial charge on any atom is -0.480 e. The summed E-state index contributed by atoms with van der Waals surface area (Å²) in [6.07, 6.45) is -0.291. The van der Waals surface area contributed by atoms with Gasteiger partial charge in [-0.25, -0.2) is 0 Å². The monoisotopic (exact) mass is 242 g/mol. The van der Waals surface area contributed by atoms with E-state index in [-0.39, 0.29) is 17.7 Å². The van der Waals surface area contributed by atoms with Crippen molar-refractivity contribution in [1.29, 1.82) is 0 Å². The first-order valence-electron chi connectivity index (χ1n) is 4.48. The minimum atomic E-state index is -1.22. The van der Waals surface area contributed by atoms with E-state index >= 15 is 0 Å². The molecule has 0 spiro atoms. The van der Waals surface area contributed by atoms with Gasteiger partial charge in [0.15, 0.2) is 5.78 Å². The largest absolute Gasteiger partial charge is 0.480 e. The second kappa shape index (κ2) is 4.96. The molecule has 0 fully saturated rings. The van der Waals surface area contributed by atoms with Gasteiger partial charge < -0.3 is 16.6 Å². The lowest BCUT2D eigenvalue weighted by molar-refractivity contribution is -0.138. The molecule has 6 heteroatoms. The second-order valence-corrected chi connectivity index (χ2v) is 3.74. The van der Waals surface area contributed by atoms with Crippen molar-refractivity contribution in [1.82, 2.24) is 0 Å². The molecule has 1 rings (SSSR count). The molecule has 16 heavy (non-hydrogen) atoms. The zero-order valence-electron chi connectivity index (χ0n) is 8.31. The number of carbonyl (C=O) groups is 2. The Morgan fingerprint density at radius 2 is 2.06 bits per heavy atom. The molecule has 0 amide bonds. The zero-order valence-corrected chi connectivity index (χ0v) is 9.07. The summed E-state index contributed by atoms with van der Waals surface area (Å²) in [5.41, 5.74) is 11.3. The molecule has 1 atom stereocenters. The number of hydrogen-bond acceptors (Lipinski definition) is 4. The van der Waals surface area contributed by atoms with Crippen LogP contribution in [0.25, 0.3) is 0 Å². The van der Waals surface area contributed by atoms with E-state index in [1.54, 1.807) is 0 Å². The highest BCUT2D eigenvalue weighted by molar-refractivity contribution is 6.31. The average molecular weight is 243 g/mol. The summed E-state index contributed by atoms with van der Waals surface area (Å²) in [7, 11) is 0. The number of carboxylic acid groups (broad SMARTS) is 1. The number of Topliss-reactive ketones (excluding diaryl/α,β-unsaturated/α-hetero) is 1. The van der Waals surface area contributed by atoms with Gasteiger partial charge >= 0.3 is 5.97 Å². The number of aliphatic carboxylic acids is 1. The van der Waals surface area contributed by atoms with Gasteiger partial charge in [0.25, 0.3) is 0 Å². The van der Waals surface area contributed by atoms with Gasteiger partial charge in [-0.15, -0.1) is 0 Å². The first-order valence-corrected chi connectivity index (χ1v) is 4.86. The van der Waals surface area contributed by atoms with Gasteiger partial charge in [-0.1, -0.05) is 11.6 Å². The number of benzene rings is 1. The van der Waals surface area contributed by atoms with Crippen LogP contribution < -0.4 is 11.5 Å². The SMILES string of the molecule is Nc1cc(Cl)ccc1C(=O)C[C@H](N)C(=O)O. The van der Waals surface area contributed by atoms with Gasteiger partial charge in [-0.05, 0) is 18.2 Å². The number of carboxylic acids is 1. The quantitative estimate of drug-likeness (QED) is 0.537. The van der Waals surface area contributed by atoms with E-state index in [2.05, 4.69) is 0 Å². The van der Waals surface area contributed by atoms with E-state index in [1.807, 2.05) is 0 Å². The second-order valence-electron chi connectivity index (χ2n) is 3.30. The lowest BCUT2D eigenvalue weighted by Crippen LogP contribution is -2.32. The van der Waals surface area contributed by atoms with E-state index in [0.717, 1.165) is 0 Å². The van der Waals surface area contributed by atoms with Crippen LogP contribution in [0.1, 0.15) is 16.8 Å². The van der Waals surface area contributed by atoms with Crippen molar-refractivity contribution in [2.24, 2.45) is 5.73 Å². The van der Waals surface area contributed by atoms with Gasteiger partial charge in [-0.3, -0.25) is 9.59 Å². The van der Waals surface area contributed by atoms with Crippen LogP contribution in [0.2, 0.25) is 5.02 Å². The topological polar surface area (TPSA) is 106 Å². The summed E-state index contributed by atoms with van der Waals surface area (Å²) < 4.78 is 0. The molecule has 0 aromatic heterocycles. The van der Waals surface area contributed by atoms with Crippen molar-refractivity contribution in [3.8, 4) is 0 Å². The molecular weight excluding hydrogens is 232 g/mol. The fraction of sp³-hybridized carbons (Fsp3) is 0.200. The van der Waals surface area contributed by atoms with Crippen molar-refractivity contribution >= 4 is 29.0 Å². The van der Waals surface area contributed by atoms with Gasteiger partial charge in [-0.2, -0.15) is 0 Å². The van der Waals surface area contributed by atoms with Crippen LogP contribution in [-0.4, -0.2) is 22.9 Å². The highest BCUT2D eigenvalue weighted by Gasteiger charge is 2.18. The maximum Gasteiger partial charge on any atom is 0.320 e. The Labute approximate surface area is 97.0 Å². The molecular formula is C10H11ClN2O3. The summed E-state index contributed by atoms with van der Waals surface area (Å²) in [6.45, 7) is 0. The predicted octanol–water partition coefficient (Wildman–Crippen LogP) is 0.907. The molecule has 0 saturated carbocycles. The van der Waals surface area contributed by atoms with E-state index < -0.39 is 17.8 Å². The predicted molar refractivity (Wildman–Crippen MR) is 60.4 cm³/mol. The summed E-state index contributed by atoms with van der Waals surface area (Å²) in [5, 5.41) is 8.98. The number of halogens is 1. The van der Waals surface area contributed by atoms with Gasteiger partial charge in [0.05, 0.1) is 0 Å². The molecule has 0 aliphatic rings. The molecule has 0 saturated heterocycles. The average Bonchev–Trinajstić information content (AvgIpc) is 2.16. The maximum absolute atomic E-state index is 11.6. The number of rotatable bonds is 4. The molecule has 0 aliphatic heterocycles. The fourth-order valence-electron chi connectivity index (χ4n) is 1.18. The molecule has 1 aromatic rings. The first kappa shape index (κ1) is 12.5. The van der Waals surface area contributed by atoms with Crippen molar-refractivity contribution < 1.29 is 14.7 Å². The van der Waals surface area contributed by atoms with Crippen molar-refractivity contribution in [2.75, 3.05) is 5.73 Å². The molecule has 0 unspecified atom stereocenters. The van der Waals surface area contributed by atoms with E-state index in [0.29, 0.717) is 5.02 Å². The molecule has 5 nitrogen and oxygen atoms in total. The Morgan fingerprint density at radius 1 is 1.44 bits per heavy atom. The van der Waals surface area contributed by atoms with Gasteiger partial charge in [0, 0.05) is 22.7 Å². The highest BCUT2D eigenvalue weighted by Crippen LogP contribution is 2.19. The molecule has 0 radical (unpaired) electrons. The van der Waals surface area contributed by atoms with Crippen LogP contribution in [0.3, 0.4) is 0 Å². The Morgan fingerprint density at radius 3 is 2.56 bits per heavy atom. The fourth-order valence-corrected chi connectivity index (χ4v) is 1.37. The molecule has 0 aliphatic carbocycles. The molecule has 5 N–H and O–H groups in total. The third-order valence-electron chi connectivity index (χ3n) is 2.04. The molecule has 0 bridgehead atoms. The summed E-state index contributed by atoms with van der Waals surface area (Å²) in [4.78, 5) is 22.1. The number of carbonyl (C=O) groups excluding carboxylic acids is 1. The normalized spacial score (nSPS) is 12.1. The van der Waals surface area contributed by atoms with Crippen LogP contribution in [-0.2, 0) is 4.79 Å². The number of anilines is 1. The number of nitrogens with two attached hydrogens (primary N) is 2. The van der Waals surface area contributed by atoms with E-state index in [4.69, 9.17) is 28.2 Å². The lowest BCUT2D eigenvalue weighted by Gasteiger charge is -2.07. The van der Waals surface area contributed by atoms with Gasteiger partial charge in [0.1, 0.15) is 6.04 Å². The summed E-state index contributed by atoms with van der Waals surface area (Å²) >= 11 is 5.67. The highest BCUT2D eigenvalue weighted by atomic mass is 35.5.